The van der Waals surface area contributed by atoms with Crippen LogP contribution in [0, 0.1) is 5.92 Å². The Balaban J connectivity index is 1.16. The highest BCUT2D eigenvalue weighted by atomic mass is 32.1. The number of amides is 3. The molecule has 0 bridgehead atoms. The van der Waals surface area contributed by atoms with E-state index in [9.17, 15) is 9.59 Å². The fourth-order valence-electron chi connectivity index (χ4n) is 5.11. The molecule has 3 aliphatic rings. The van der Waals surface area contributed by atoms with Crippen LogP contribution in [0.4, 0.5) is 4.79 Å². The molecule has 1 N–H and O–H groups in total. The topological polar surface area (TPSA) is 78.0 Å². The highest BCUT2D eigenvalue weighted by Gasteiger charge is 2.52. The molecule has 8 nitrogen and oxygen atoms in total. The molecule has 0 radical (unpaired) electrons. The molecular formula is C23H31N5O3S. The molecule has 0 saturated carbocycles. The molecule has 0 aliphatic carbocycles. The smallest absolute Gasteiger partial charge is 0.325 e. The fraction of sp³-hybridized carbons (Fsp3) is 0.609. The lowest BCUT2D eigenvalue weighted by Gasteiger charge is -2.38. The van der Waals surface area contributed by atoms with Gasteiger partial charge < -0.3 is 10.1 Å². The Kier molecular flexibility index (Phi) is 6.16. The van der Waals surface area contributed by atoms with Gasteiger partial charge in [-0.25, -0.2) is 9.78 Å². The van der Waals surface area contributed by atoms with Crippen LogP contribution in [-0.4, -0.2) is 89.6 Å². The number of fused-ring (bicyclic) bond motifs is 1. The van der Waals surface area contributed by atoms with Gasteiger partial charge in [-0.1, -0.05) is 12.1 Å². The monoisotopic (exact) mass is 457 g/mol. The Morgan fingerprint density at radius 1 is 1.09 bits per heavy atom. The first-order chi connectivity index (χ1) is 15.5. The normalized spacial score (nSPS) is 26.2. The number of thiazole rings is 1. The summed E-state index contributed by atoms with van der Waals surface area (Å²) in [4.78, 5) is 36.7. The molecule has 9 heteroatoms. The van der Waals surface area contributed by atoms with Crippen molar-refractivity contribution in [2.45, 2.75) is 31.8 Å². The van der Waals surface area contributed by atoms with E-state index in [0.717, 1.165) is 56.1 Å². The third-order valence-electron chi connectivity index (χ3n) is 7.15. The van der Waals surface area contributed by atoms with Gasteiger partial charge in [0.05, 0.1) is 30.0 Å². The summed E-state index contributed by atoms with van der Waals surface area (Å²) in [5, 5.41) is 4.17. The lowest BCUT2D eigenvalue weighted by atomic mass is 9.79. The Labute approximate surface area is 192 Å². The van der Waals surface area contributed by atoms with Crippen molar-refractivity contribution < 1.29 is 14.3 Å². The Bertz CT molecular complexity index is 950. The van der Waals surface area contributed by atoms with Gasteiger partial charge in [0.25, 0.3) is 5.91 Å². The van der Waals surface area contributed by atoms with Crippen molar-refractivity contribution in [3.63, 3.8) is 0 Å². The molecule has 1 atom stereocenters. The van der Waals surface area contributed by atoms with Crippen LogP contribution in [0.15, 0.2) is 24.3 Å². The van der Waals surface area contributed by atoms with Crippen LogP contribution in [0.3, 0.4) is 0 Å². The van der Waals surface area contributed by atoms with Gasteiger partial charge >= 0.3 is 6.03 Å². The number of rotatable bonds is 6. The van der Waals surface area contributed by atoms with E-state index >= 15 is 0 Å². The minimum absolute atomic E-state index is 0.0691. The summed E-state index contributed by atoms with van der Waals surface area (Å²) >= 11 is 1.75. The summed E-state index contributed by atoms with van der Waals surface area (Å²) in [6, 6.07) is 8.00. The number of benzene rings is 1. The minimum Gasteiger partial charge on any atom is -0.379 e. The van der Waals surface area contributed by atoms with Gasteiger partial charge in [0.2, 0.25) is 0 Å². The highest BCUT2D eigenvalue weighted by Crippen LogP contribution is 2.34. The molecule has 3 amide bonds. The Morgan fingerprint density at radius 3 is 2.59 bits per heavy atom. The summed E-state index contributed by atoms with van der Waals surface area (Å²) in [5.41, 5.74) is 0.260. The lowest BCUT2D eigenvalue weighted by Crippen LogP contribution is -2.54. The van der Waals surface area contributed by atoms with Gasteiger partial charge in [-0.2, -0.15) is 0 Å². The molecule has 4 heterocycles. The third-order valence-corrected chi connectivity index (χ3v) is 8.17. The number of urea groups is 1. The number of carbonyl (C=O) groups excluding carboxylic acids is 2. The first kappa shape index (κ1) is 21.8. The van der Waals surface area contributed by atoms with E-state index in [1.807, 2.05) is 19.1 Å². The van der Waals surface area contributed by atoms with Crippen LogP contribution in [0.2, 0.25) is 0 Å². The van der Waals surface area contributed by atoms with Crippen LogP contribution in [0.25, 0.3) is 10.2 Å². The van der Waals surface area contributed by atoms with Crippen molar-refractivity contribution in [2.24, 2.45) is 5.92 Å². The van der Waals surface area contributed by atoms with Crippen LogP contribution < -0.4 is 5.32 Å². The number of imide groups is 1. The van der Waals surface area contributed by atoms with Crippen molar-refractivity contribution in [3.05, 3.63) is 29.3 Å². The molecule has 1 aromatic carbocycles. The first-order valence-corrected chi connectivity index (χ1v) is 12.4. The number of nitrogens with zero attached hydrogens (tertiary/aromatic N) is 4. The van der Waals surface area contributed by atoms with Gasteiger partial charge in [-0.3, -0.25) is 19.5 Å². The molecule has 3 fully saturated rings. The molecular weight excluding hydrogens is 426 g/mol. The summed E-state index contributed by atoms with van der Waals surface area (Å²) in [5.74, 6) is 0.0827. The summed E-state index contributed by atoms with van der Waals surface area (Å²) in [6.07, 6.45) is 1.79. The number of hydrogen-bond acceptors (Lipinski definition) is 7. The molecule has 32 heavy (non-hydrogen) atoms. The van der Waals surface area contributed by atoms with Crippen molar-refractivity contribution >= 4 is 33.5 Å². The number of nitrogens with one attached hydrogen (secondary N) is 1. The maximum absolute atomic E-state index is 13.3. The van der Waals surface area contributed by atoms with Gasteiger partial charge in [-0.05, 0) is 50.9 Å². The highest BCUT2D eigenvalue weighted by molar-refractivity contribution is 7.18. The van der Waals surface area contributed by atoms with Crippen molar-refractivity contribution in [1.82, 2.24) is 25.0 Å². The largest absolute Gasteiger partial charge is 0.379 e. The maximum atomic E-state index is 13.3. The van der Waals surface area contributed by atoms with Gasteiger partial charge in [0.1, 0.15) is 10.5 Å². The standard InChI is InChI=1S/C23H31N5O3S/c1-23(21(29)28(22(30)25-23)11-10-26-12-14-31-15-13-26)17-6-8-27(9-7-17)16-20-24-18-4-2-3-5-19(18)32-20/h2-5,17H,6-16H2,1H3,(H,25,30). The van der Waals surface area contributed by atoms with Gasteiger partial charge in [0, 0.05) is 26.2 Å². The zero-order valence-electron chi connectivity index (χ0n) is 18.6. The average molecular weight is 458 g/mol. The van der Waals surface area contributed by atoms with E-state index in [4.69, 9.17) is 9.72 Å². The number of morpholine rings is 1. The molecule has 3 aliphatic heterocycles. The Hall–Kier alpha value is -2.07. The number of carbonyl (C=O) groups is 2. The van der Waals surface area contributed by atoms with Gasteiger partial charge in [-0.15, -0.1) is 11.3 Å². The molecule has 2 aromatic rings. The van der Waals surface area contributed by atoms with E-state index in [-0.39, 0.29) is 17.9 Å². The predicted octanol–water partition coefficient (Wildman–Crippen LogP) is 2.15. The van der Waals surface area contributed by atoms with Crippen LogP contribution in [0.1, 0.15) is 24.8 Å². The number of hydrogen-bond donors (Lipinski definition) is 1. The zero-order chi connectivity index (χ0) is 22.1. The number of ether oxygens (including phenoxy) is 1. The van der Waals surface area contributed by atoms with Crippen LogP contribution in [0.5, 0.6) is 0 Å². The number of piperidine rings is 1. The number of likely N-dealkylation sites (tertiary alicyclic amines) is 1. The van der Waals surface area contributed by atoms with E-state index in [1.165, 1.54) is 9.60 Å². The Morgan fingerprint density at radius 2 is 1.84 bits per heavy atom. The van der Waals surface area contributed by atoms with E-state index in [2.05, 4.69) is 27.2 Å². The second-order valence-corrected chi connectivity index (χ2v) is 10.3. The van der Waals surface area contributed by atoms with E-state index in [0.29, 0.717) is 26.3 Å². The van der Waals surface area contributed by atoms with Gasteiger partial charge in [0.15, 0.2) is 0 Å². The molecule has 172 valence electrons. The number of aromatic nitrogens is 1. The quantitative estimate of drug-likeness (QED) is 0.670. The minimum atomic E-state index is -0.802. The predicted molar refractivity (Wildman–Crippen MR) is 124 cm³/mol. The van der Waals surface area contributed by atoms with E-state index in [1.54, 1.807) is 11.3 Å². The summed E-state index contributed by atoms with van der Waals surface area (Å²) in [6.45, 7) is 8.86. The average Bonchev–Trinajstić information content (AvgIpc) is 3.31. The molecule has 1 aromatic heterocycles. The van der Waals surface area contributed by atoms with E-state index < -0.39 is 5.54 Å². The van der Waals surface area contributed by atoms with Crippen LogP contribution in [-0.2, 0) is 16.1 Å². The molecule has 3 saturated heterocycles. The fourth-order valence-corrected chi connectivity index (χ4v) is 6.12. The SMILES string of the molecule is CC1(C2CCN(Cc3nc4ccccc4s3)CC2)NC(=O)N(CCN2CCOCC2)C1=O. The van der Waals surface area contributed by atoms with Crippen LogP contribution >= 0.6 is 11.3 Å². The maximum Gasteiger partial charge on any atom is 0.325 e. The third kappa shape index (κ3) is 4.26. The second-order valence-electron chi connectivity index (χ2n) is 9.17. The summed E-state index contributed by atoms with van der Waals surface area (Å²) < 4.78 is 6.60. The zero-order valence-corrected chi connectivity index (χ0v) is 19.4. The summed E-state index contributed by atoms with van der Waals surface area (Å²) in [7, 11) is 0. The second kappa shape index (κ2) is 9.05. The lowest BCUT2D eigenvalue weighted by molar-refractivity contribution is -0.133. The van der Waals surface area contributed by atoms with Crippen molar-refractivity contribution in [1.29, 1.82) is 0 Å². The number of para-hydroxylation sites is 1. The molecule has 1 unspecified atom stereocenters. The first-order valence-electron chi connectivity index (χ1n) is 11.5. The van der Waals surface area contributed by atoms with Crippen molar-refractivity contribution in [2.75, 3.05) is 52.5 Å². The molecule has 5 rings (SSSR count). The molecule has 0 spiro atoms. The van der Waals surface area contributed by atoms with Crippen molar-refractivity contribution in [3.8, 4) is 0 Å².